The van der Waals surface area contributed by atoms with Gasteiger partial charge in [0, 0.05) is 30.4 Å². The maximum Gasteiger partial charge on any atom is 0.410 e. The van der Waals surface area contributed by atoms with Crippen LogP contribution < -0.4 is 4.74 Å². The van der Waals surface area contributed by atoms with E-state index in [1.165, 1.54) is 0 Å². The lowest BCUT2D eigenvalue weighted by molar-refractivity contribution is 0.0127. The first-order valence-corrected chi connectivity index (χ1v) is 8.39. The van der Waals surface area contributed by atoms with Gasteiger partial charge in [-0.3, -0.25) is 0 Å². The Balaban J connectivity index is 1.91. The van der Waals surface area contributed by atoms with E-state index in [9.17, 15) is 4.79 Å². The molecular formula is C17H21BrN2O3. The van der Waals surface area contributed by atoms with Crippen molar-refractivity contribution < 1.29 is 14.3 Å². The molecule has 0 atom stereocenters. The van der Waals surface area contributed by atoms with E-state index < -0.39 is 5.60 Å². The first-order valence-electron chi connectivity index (χ1n) is 7.60. The van der Waals surface area contributed by atoms with Gasteiger partial charge in [0.05, 0.1) is 6.57 Å². The zero-order valence-electron chi connectivity index (χ0n) is 13.6. The number of hydrogen-bond acceptors (Lipinski definition) is 3. The number of carbonyl (C=O) groups excluding carboxylic acids is 1. The second-order valence-electron chi connectivity index (χ2n) is 6.51. The monoisotopic (exact) mass is 380 g/mol. The molecule has 0 N–H and O–H groups in total. The van der Waals surface area contributed by atoms with E-state index in [-0.39, 0.29) is 12.2 Å². The number of halogens is 1. The number of nitrogens with zero attached hydrogens (tertiary/aromatic N) is 2. The van der Waals surface area contributed by atoms with Crippen LogP contribution in [0.3, 0.4) is 0 Å². The summed E-state index contributed by atoms with van der Waals surface area (Å²) in [6.07, 6.45) is 1.19. The van der Waals surface area contributed by atoms with Crippen molar-refractivity contribution in [2.45, 2.75) is 45.3 Å². The molecule has 2 rings (SSSR count). The van der Waals surface area contributed by atoms with Gasteiger partial charge in [0.15, 0.2) is 0 Å². The molecule has 0 saturated carbocycles. The Hall–Kier alpha value is -1.74. The number of rotatable bonds is 2. The van der Waals surface area contributed by atoms with Crippen molar-refractivity contribution in [2.75, 3.05) is 13.1 Å². The quantitative estimate of drug-likeness (QED) is 0.693. The van der Waals surface area contributed by atoms with E-state index in [1.54, 1.807) is 17.0 Å². The van der Waals surface area contributed by atoms with Crippen LogP contribution in [-0.2, 0) is 4.74 Å². The van der Waals surface area contributed by atoms with Gasteiger partial charge in [-0.1, -0.05) is 15.9 Å². The minimum atomic E-state index is -0.480. The number of likely N-dealkylation sites (tertiary alicyclic amines) is 1. The van der Waals surface area contributed by atoms with Crippen molar-refractivity contribution in [2.24, 2.45) is 0 Å². The fraction of sp³-hybridized carbons (Fsp3) is 0.529. The first-order chi connectivity index (χ1) is 10.8. The molecule has 1 aromatic rings. The lowest BCUT2D eigenvalue weighted by atomic mass is 10.1. The number of piperidine rings is 1. The summed E-state index contributed by atoms with van der Waals surface area (Å²) in [5.74, 6) is 0.596. The predicted molar refractivity (Wildman–Crippen MR) is 91.9 cm³/mol. The van der Waals surface area contributed by atoms with Gasteiger partial charge in [-0.2, -0.15) is 0 Å². The topological polar surface area (TPSA) is 43.1 Å². The Morgan fingerprint density at radius 3 is 2.57 bits per heavy atom. The van der Waals surface area contributed by atoms with E-state index in [4.69, 9.17) is 16.0 Å². The Morgan fingerprint density at radius 2 is 2.00 bits per heavy atom. The fourth-order valence-corrected chi connectivity index (χ4v) is 2.69. The average molecular weight is 381 g/mol. The van der Waals surface area contributed by atoms with E-state index in [0.717, 1.165) is 17.3 Å². The number of carbonyl (C=O) groups is 1. The van der Waals surface area contributed by atoms with Crippen LogP contribution in [0.1, 0.15) is 33.6 Å². The Bertz CT molecular complexity index is 611. The number of ether oxygens (including phenoxy) is 2. The zero-order valence-corrected chi connectivity index (χ0v) is 15.2. The standard InChI is InChI=1S/C17H21BrN2O3/c1-17(2,3)23-16(21)20-9-7-13(8-10-20)22-15-6-5-12(18)11-14(15)19-4/h5-6,11,13H,7-10H2,1-3H3. The third kappa shape index (κ3) is 5.14. The van der Waals surface area contributed by atoms with Crippen molar-refractivity contribution >= 4 is 27.7 Å². The van der Waals surface area contributed by atoms with Crippen LogP contribution in [0.2, 0.25) is 0 Å². The Kier molecular flexibility index (Phi) is 5.53. The summed E-state index contributed by atoms with van der Waals surface area (Å²) in [6, 6.07) is 5.41. The summed E-state index contributed by atoms with van der Waals surface area (Å²) < 4.78 is 12.2. The molecule has 1 heterocycles. The van der Waals surface area contributed by atoms with Crippen molar-refractivity contribution in [1.82, 2.24) is 4.90 Å². The molecule has 23 heavy (non-hydrogen) atoms. The molecule has 0 aromatic heterocycles. The van der Waals surface area contributed by atoms with Gasteiger partial charge in [0.2, 0.25) is 5.69 Å². The van der Waals surface area contributed by atoms with Crippen LogP contribution in [0.5, 0.6) is 5.75 Å². The second-order valence-corrected chi connectivity index (χ2v) is 7.42. The SMILES string of the molecule is [C-]#[N+]c1cc(Br)ccc1OC1CCN(C(=O)OC(C)(C)C)CC1. The highest BCUT2D eigenvalue weighted by Gasteiger charge is 2.27. The third-order valence-corrected chi connectivity index (χ3v) is 3.92. The summed E-state index contributed by atoms with van der Waals surface area (Å²) in [5.41, 5.74) is 0.0146. The lowest BCUT2D eigenvalue weighted by Crippen LogP contribution is -2.44. The number of benzene rings is 1. The summed E-state index contributed by atoms with van der Waals surface area (Å²) in [6.45, 7) is 14.0. The van der Waals surface area contributed by atoms with Crippen molar-refractivity contribution in [3.05, 3.63) is 34.1 Å². The van der Waals surface area contributed by atoms with E-state index >= 15 is 0 Å². The highest BCUT2D eigenvalue weighted by atomic mass is 79.9. The normalized spacial score (nSPS) is 15.9. The van der Waals surface area contributed by atoms with Crippen LogP contribution in [0.25, 0.3) is 4.85 Å². The summed E-state index contributed by atoms with van der Waals surface area (Å²) in [7, 11) is 0. The molecule has 6 heteroatoms. The molecule has 1 fully saturated rings. The zero-order chi connectivity index (χ0) is 17.0. The molecule has 0 spiro atoms. The molecule has 0 aliphatic carbocycles. The molecule has 0 unspecified atom stereocenters. The summed E-state index contributed by atoms with van der Waals surface area (Å²) in [4.78, 5) is 17.2. The smallest absolute Gasteiger partial charge is 0.410 e. The van der Waals surface area contributed by atoms with Crippen molar-refractivity contribution in [3.8, 4) is 5.75 Å². The van der Waals surface area contributed by atoms with Gasteiger partial charge in [0.25, 0.3) is 0 Å². The van der Waals surface area contributed by atoms with Gasteiger partial charge in [-0.15, -0.1) is 0 Å². The van der Waals surface area contributed by atoms with Crippen LogP contribution in [0, 0.1) is 6.57 Å². The van der Waals surface area contributed by atoms with Crippen LogP contribution >= 0.6 is 15.9 Å². The molecule has 1 aliphatic heterocycles. The van der Waals surface area contributed by atoms with Crippen LogP contribution in [-0.4, -0.2) is 35.8 Å². The summed E-state index contributed by atoms with van der Waals surface area (Å²) in [5, 5.41) is 0. The van der Waals surface area contributed by atoms with E-state index in [0.29, 0.717) is 24.5 Å². The minimum Gasteiger partial charge on any atom is -0.501 e. The van der Waals surface area contributed by atoms with E-state index in [2.05, 4.69) is 20.8 Å². The second kappa shape index (κ2) is 7.22. The number of amides is 1. The van der Waals surface area contributed by atoms with Crippen LogP contribution in [0.15, 0.2) is 22.7 Å². The van der Waals surface area contributed by atoms with Gasteiger partial charge in [-0.25, -0.2) is 9.64 Å². The highest BCUT2D eigenvalue weighted by molar-refractivity contribution is 9.10. The number of hydrogen-bond donors (Lipinski definition) is 0. The first kappa shape index (κ1) is 17.6. The maximum absolute atomic E-state index is 12.0. The van der Waals surface area contributed by atoms with Gasteiger partial charge < -0.3 is 14.4 Å². The maximum atomic E-state index is 12.0. The minimum absolute atomic E-state index is 0.00959. The fourth-order valence-electron chi connectivity index (χ4n) is 2.34. The molecule has 1 saturated heterocycles. The average Bonchev–Trinajstić information content (AvgIpc) is 2.48. The lowest BCUT2D eigenvalue weighted by Gasteiger charge is -2.33. The highest BCUT2D eigenvalue weighted by Crippen LogP contribution is 2.32. The molecule has 0 radical (unpaired) electrons. The third-order valence-electron chi connectivity index (χ3n) is 3.43. The molecular weight excluding hydrogens is 360 g/mol. The van der Waals surface area contributed by atoms with Gasteiger partial charge in [0.1, 0.15) is 17.5 Å². The van der Waals surface area contributed by atoms with Gasteiger partial charge in [-0.05, 0) is 39.0 Å². The van der Waals surface area contributed by atoms with Crippen LogP contribution in [0.4, 0.5) is 10.5 Å². The summed E-state index contributed by atoms with van der Waals surface area (Å²) >= 11 is 3.35. The van der Waals surface area contributed by atoms with Gasteiger partial charge >= 0.3 is 6.09 Å². The largest absolute Gasteiger partial charge is 0.501 e. The Morgan fingerprint density at radius 1 is 1.35 bits per heavy atom. The molecule has 0 bridgehead atoms. The van der Waals surface area contributed by atoms with Crippen molar-refractivity contribution in [1.29, 1.82) is 0 Å². The van der Waals surface area contributed by atoms with Crippen molar-refractivity contribution in [3.63, 3.8) is 0 Å². The Labute approximate surface area is 145 Å². The molecule has 1 aromatic carbocycles. The molecule has 5 nitrogen and oxygen atoms in total. The molecule has 1 aliphatic rings. The predicted octanol–water partition coefficient (Wildman–Crippen LogP) is 4.78. The molecule has 124 valence electrons. The molecule has 1 amide bonds. The van der Waals surface area contributed by atoms with E-state index in [1.807, 2.05) is 26.8 Å².